The van der Waals surface area contributed by atoms with E-state index in [0.29, 0.717) is 12.1 Å². The molecule has 1 heterocycles. The van der Waals surface area contributed by atoms with E-state index in [4.69, 9.17) is 4.52 Å². The van der Waals surface area contributed by atoms with E-state index in [1.54, 1.807) is 5.32 Å². The van der Waals surface area contributed by atoms with Crippen LogP contribution >= 0.6 is 0 Å². The Morgan fingerprint density at radius 3 is 2.32 bits per heavy atom. The molecule has 2 atom stereocenters. The third-order valence-electron chi connectivity index (χ3n) is 7.12. The van der Waals surface area contributed by atoms with Gasteiger partial charge in [0.1, 0.15) is 30.2 Å². The minimum atomic E-state index is -4.56. The smallest absolute Gasteiger partial charge is 0.364 e. The number of carbonyl (C=O) groups is 3. The van der Waals surface area contributed by atoms with Crippen molar-refractivity contribution in [3.8, 4) is 0 Å². The summed E-state index contributed by atoms with van der Waals surface area (Å²) in [7, 11) is 0. The number of alkyl halides is 3. The van der Waals surface area contributed by atoms with E-state index in [2.05, 4.69) is 15.8 Å². The lowest BCUT2D eigenvalue weighted by Gasteiger charge is -2.27. The average Bonchev–Trinajstić information content (AvgIpc) is 3.81. The number of rotatable bonds is 11. The molecule has 0 bridgehead atoms. The van der Waals surface area contributed by atoms with Crippen molar-refractivity contribution in [3.63, 3.8) is 0 Å². The Bertz CT molecular complexity index is 1180. The first kappa shape index (κ1) is 27.6. The second-order valence-corrected chi connectivity index (χ2v) is 10.0. The Hall–Kier alpha value is -3.44. The maximum absolute atomic E-state index is 15.0. The van der Waals surface area contributed by atoms with Gasteiger partial charge in [0.15, 0.2) is 0 Å². The summed E-state index contributed by atoms with van der Waals surface area (Å²) in [6, 6.07) is 2.72. The first-order chi connectivity index (χ1) is 18.0. The molecule has 0 saturated heterocycles. The van der Waals surface area contributed by atoms with Gasteiger partial charge in [-0.15, -0.1) is 0 Å². The fourth-order valence-corrected chi connectivity index (χ4v) is 4.75. The highest BCUT2D eigenvalue weighted by atomic mass is 19.4. The largest absolute Gasteiger partial charge is 0.405 e. The van der Waals surface area contributed by atoms with Crippen LogP contribution in [-0.2, 0) is 16.0 Å². The summed E-state index contributed by atoms with van der Waals surface area (Å²) < 4.78 is 57.1. The molecule has 0 spiro atoms. The van der Waals surface area contributed by atoms with Gasteiger partial charge in [0.2, 0.25) is 11.8 Å². The van der Waals surface area contributed by atoms with Crippen molar-refractivity contribution < 1.29 is 36.5 Å². The van der Waals surface area contributed by atoms with Gasteiger partial charge in [-0.25, -0.2) is 4.39 Å². The quantitative estimate of drug-likeness (QED) is 0.369. The van der Waals surface area contributed by atoms with Gasteiger partial charge in [-0.1, -0.05) is 18.1 Å². The van der Waals surface area contributed by atoms with Crippen LogP contribution in [0.4, 0.5) is 23.2 Å². The lowest BCUT2D eigenvalue weighted by atomic mass is 9.88. The summed E-state index contributed by atoms with van der Waals surface area (Å²) in [4.78, 5) is 38.5. The molecule has 2 aliphatic rings. The fourth-order valence-electron chi connectivity index (χ4n) is 4.75. The van der Waals surface area contributed by atoms with E-state index in [1.165, 1.54) is 25.3 Å². The molecule has 3 amide bonds. The van der Waals surface area contributed by atoms with E-state index >= 15 is 0 Å². The molecule has 2 aromatic rings. The minimum Gasteiger partial charge on any atom is -0.364 e. The van der Waals surface area contributed by atoms with Crippen molar-refractivity contribution in [1.29, 1.82) is 0 Å². The predicted octanol–water partition coefficient (Wildman–Crippen LogP) is 4.33. The van der Waals surface area contributed by atoms with Gasteiger partial charge in [-0.2, -0.15) is 13.2 Å². The van der Waals surface area contributed by atoms with E-state index < -0.39 is 48.2 Å². The molecule has 2 fully saturated rings. The molecule has 1 aromatic carbocycles. The SMILES string of the molecule is CCc1nocc1C(=O)N[C@H](C(=O)Nc1ccc([C@H](C)C(=O)NCC(F)(F)F)cc1F)C(C1CC1)C1CC1. The number of nitrogens with one attached hydrogen (secondary N) is 3. The molecule has 8 nitrogen and oxygen atoms in total. The summed E-state index contributed by atoms with van der Waals surface area (Å²) in [5.41, 5.74) is 0.693. The molecule has 2 aliphatic carbocycles. The van der Waals surface area contributed by atoms with Gasteiger partial charge in [0.05, 0.1) is 17.3 Å². The number of amides is 3. The minimum absolute atomic E-state index is 0.0939. The monoisotopic (exact) mass is 538 g/mol. The molecule has 0 unspecified atom stereocenters. The van der Waals surface area contributed by atoms with Crippen LogP contribution in [0.25, 0.3) is 0 Å². The number of carbonyl (C=O) groups excluding carboxylic acids is 3. The maximum Gasteiger partial charge on any atom is 0.405 e. The Balaban J connectivity index is 1.49. The van der Waals surface area contributed by atoms with Crippen molar-refractivity contribution in [2.24, 2.45) is 17.8 Å². The molecule has 4 rings (SSSR count). The number of hydrogen-bond acceptors (Lipinski definition) is 5. The van der Waals surface area contributed by atoms with E-state index in [0.717, 1.165) is 31.7 Å². The van der Waals surface area contributed by atoms with Crippen LogP contribution < -0.4 is 16.0 Å². The molecule has 0 aliphatic heterocycles. The Morgan fingerprint density at radius 1 is 1.11 bits per heavy atom. The van der Waals surface area contributed by atoms with Gasteiger partial charge < -0.3 is 20.5 Å². The van der Waals surface area contributed by atoms with Crippen LogP contribution in [0.2, 0.25) is 0 Å². The van der Waals surface area contributed by atoms with Crippen molar-refractivity contribution >= 4 is 23.4 Å². The van der Waals surface area contributed by atoms with Gasteiger partial charge in [-0.3, -0.25) is 14.4 Å². The van der Waals surface area contributed by atoms with Crippen LogP contribution in [0.15, 0.2) is 29.0 Å². The van der Waals surface area contributed by atoms with Gasteiger partial charge in [0, 0.05) is 0 Å². The van der Waals surface area contributed by atoms with Crippen LogP contribution in [0.3, 0.4) is 0 Å². The second kappa shape index (κ2) is 11.1. The molecule has 206 valence electrons. The van der Waals surface area contributed by atoms with Crippen LogP contribution in [0.5, 0.6) is 0 Å². The Morgan fingerprint density at radius 2 is 1.76 bits per heavy atom. The van der Waals surface area contributed by atoms with E-state index in [1.807, 2.05) is 6.92 Å². The third-order valence-corrected chi connectivity index (χ3v) is 7.12. The van der Waals surface area contributed by atoms with Crippen LogP contribution in [0, 0.1) is 23.6 Å². The van der Waals surface area contributed by atoms with Crippen molar-refractivity contribution in [2.45, 2.75) is 64.1 Å². The first-order valence-corrected chi connectivity index (χ1v) is 12.7. The summed E-state index contributed by atoms with van der Waals surface area (Å²) >= 11 is 0. The lowest BCUT2D eigenvalue weighted by molar-refractivity contribution is -0.139. The average molecular weight is 539 g/mol. The van der Waals surface area contributed by atoms with E-state index in [9.17, 15) is 31.9 Å². The normalized spacial score (nSPS) is 17.1. The van der Waals surface area contributed by atoms with Gasteiger partial charge in [-0.05, 0) is 74.5 Å². The molecular weight excluding hydrogens is 508 g/mol. The Kier molecular flexibility index (Phi) is 8.08. The number of nitrogens with zero attached hydrogens (tertiary/aromatic N) is 1. The topological polar surface area (TPSA) is 113 Å². The molecule has 2 saturated carbocycles. The molecule has 0 radical (unpaired) electrons. The van der Waals surface area contributed by atoms with Gasteiger partial charge in [0.25, 0.3) is 5.91 Å². The summed E-state index contributed by atoms with van der Waals surface area (Å²) in [5, 5.41) is 11.0. The third kappa shape index (κ3) is 6.70. The maximum atomic E-state index is 15.0. The summed E-state index contributed by atoms with van der Waals surface area (Å²) in [5.74, 6) is -3.39. The van der Waals surface area contributed by atoms with Crippen molar-refractivity contribution in [3.05, 3.63) is 47.1 Å². The lowest BCUT2D eigenvalue weighted by Crippen LogP contribution is -2.50. The second-order valence-electron chi connectivity index (χ2n) is 10.0. The highest BCUT2D eigenvalue weighted by Gasteiger charge is 2.48. The number of aromatic nitrogens is 1. The summed E-state index contributed by atoms with van der Waals surface area (Å²) in [6.45, 7) is 1.69. The highest BCUT2D eigenvalue weighted by molar-refractivity contribution is 6.01. The number of halogens is 4. The molecule has 38 heavy (non-hydrogen) atoms. The Labute approximate surface area is 216 Å². The fraction of sp³-hybridized carbons (Fsp3) is 0.538. The summed E-state index contributed by atoms with van der Waals surface area (Å²) in [6.07, 6.45) is 0.937. The molecule has 12 heteroatoms. The van der Waals surface area contributed by atoms with Crippen molar-refractivity contribution in [1.82, 2.24) is 15.8 Å². The number of anilines is 1. The molecule has 3 N–H and O–H groups in total. The molecule has 1 aromatic heterocycles. The number of hydrogen-bond donors (Lipinski definition) is 3. The zero-order chi connectivity index (χ0) is 27.6. The van der Waals surface area contributed by atoms with Gasteiger partial charge >= 0.3 is 6.18 Å². The number of benzene rings is 1. The predicted molar refractivity (Wildman–Crippen MR) is 129 cm³/mol. The van der Waals surface area contributed by atoms with E-state index in [-0.39, 0.29) is 34.6 Å². The van der Waals surface area contributed by atoms with Crippen LogP contribution in [-0.4, -0.2) is 41.6 Å². The van der Waals surface area contributed by atoms with Crippen molar-refractivity contribution in [2.75, 3.05) is 11.9 Å². The zero-order valence-corrected chi connectivity index (χ0v) is 21.0. The molecular formula is C26H30F4N4O4. The first-order valence-electron chi connectivity index (χ1n) is 12.7. The zero-order valence-electron chi connectivity index (χ0n) is 21.0. The van der Waals surface area contributed by atoms with Crippen LogP contribution in [0.1, 0.15) is 67.1 Å². The standard InChI is InChI=1S/C26H30F4N4O4/c1-3-19-17(11-38-34-19)24(36)33-22(21(14-4-5-14)15-6-7-15)25(37)32-20-9-8-16(10-18(20)27)13(2)23(35)31-12-26(28,29)30/h8-11,13-15,21-22H,3-7,12H2,1-2H3,(H,31,35)(H,32,37)(H,33,36)/t13-,22-/m0/s1. The number of aryl methyl sites for hydroxylation is 1. The highest BCUT2D eigenvalue weighted by Crippen LogP contribution is 2.51.